The molecule has 5 rings (SSSR count). The predicted molar refractivity (Wildman–Crippen MR) is 164 cm³/mol. The van der Waals surface area contributed by atoms with Crippen molar-refractivity contribution >= 4 is 75.4 Å². The number of ether oxygens (including phenoxy) is 1. The average molecular weight is 688 g/mol. The number of carboxylic acids is 1. The minimum Gasteiger partial charge on any atom is -0.477 e. The molecule has 3 atom stereocenters. The molecule has 3 aromatic rings. The summed E-state index contributed by atoms with van der Waals surface area (Å²) in [5, 5.41) is 30.9. The van der Waals surface area contributed by atoms with Crippen LogP contribution in [0.5, 0.6) is 0 Å². The third-order valence-corrected chi connectivity index (χ3v) is 9.88. The zero-order valence-electron chi connectivity index (χ0n) is 24.3. The molecule has 1 aromatic carbocycles. The summed E-state index contributed by atoms with van der Waals surface area (Å²) in [7, 11) is 2.89. The molecule has 2 aliphatic rings. The van der Waals surface area contributed by atoms with Crippen LogP contribution in [0.2, 0.25) is 0 Å². The molecule has 1 fully saturated rings. The number of amides is 3. The number of tetrazole rings is 1. The molecule has 3 amide bonds. The molecule has 1 saturated heterocycles. The van der Waals surface area contributed by atoms with E-state index in [4.69, 9.17) is 9.57 Å². The van der Waals surface area contributed by atoms with E-state index in [0.717, 1.165) is 28.0 Å². The van der Waals surface area contributed by atoms with Crippen LogP contribution in [0.4, 0.5) is 5.13 Å². The molecule has 0 saturated carbocycles. The number of β-lactam (4-membered cyclic amide) rings is 1. The molecule has 0 radical (unpaired) electrons. The van der Waals surface area contributed by atoms with Gasteiger partial charge >= 0.3 is 11.9 Å². The first kappa shape index (κ1) is 32.6. The summed E-state index contributed by atoms with van der Waals surface area (Å²) in [5.74, 6) is -3.66. The SMILES string of the molecule is CON=C(C(=O)N[C@@H]1C(=O)N2C(C(=O)O)=C(COC(C)=O)CS[C@H]12)c1csc(NC(=O)C(Sc2nnnn2C)c2ccccc2)n1. The van der Waals surface area contributed by atoms with Crippen LogP contribution in [0.3, 0.4) is 0 Å². The van der Waals surface area contributed by atoms with Crippen molar-refractivity contribution in [1.82, 2.24) is 35.4 Å². The van der Waals surface area contributed by atoms with Gasteiger partial charge < -0.3 is 25.3 Å². The average Bonchev–Trinajstić information content (AvgIpc) is 3.67. The van der Waals surface area contributed by atoms with Crippen molar-refractivity contribution < 1.29 is 38.7 Å². The van der Waals surface area contributed by atoms with Gasteiger partial charge in [0.2, 0.25) is 11.1 Å². The van der Waals surface area contributed by atoms with E-state index >= 15 is 0 Å². The van der Waals surface area contributed by atoms with Crippen molar-refractivity contribution in [1.29, 1.82) is 0 Å². The maximum absolute atomic E-state index is 13.4. The van der Waals surface area contributed by atoms with Gasteiger partial charge in [-0.1, -0.05) is 47.2 Å². The topological polar surface area (TPSA) is 220 Å². The van der Waals surface area contributed by atoms with E-state index in [9.17, 15) is 29.1 Å². The fourth-order valence-electron chi connectivity index (χ4n) is 4.43. The van der Waals surface area contributed by atoms with E-state index in [1.165, 1.54) is 35.9 Å². The van der Waals surface area contributed by atoms with E-state index in [2.05, 4.69) is 36.3 Å². The Labute approximate surface area is 272 Å². The molecule has 46 heavy (non-hydrogen) atoms. The monoisotopic (exact) mass is 687 g/mol. The van der Waals surface area contributed by atoms with Crippen LogP contribution in [-0.2, 0) is 40.6 Å². The van der Waals surface area contributed by atoms with E-state index < -0.39 is 46.3 Å². The molecule has 240 valence electrons. The van der Waals surface area contributed by atoms with Crippen molar-refractivity contribution in [3.63, 3.8) is 0 Å². The molecule has 1 unspecified atom stereocenters. The highest BCUT2D eigenvalue weighted by Gasteiger charge is 2.54. The van der Waals surface area contributed by atoms with Gasteiger partial charge in [-0.05, 0) is 16.0 Å². The molecule has 3 N–H and O–H groups in total. The van der Waals surface area contributed by atoms with E-state index in [0.29, 0.717) is 10.7 Å². The number of thioether (sulfide) groups is 2. The van der Waals surface area contributed by atoms with Gasteiger partial charge in [-0.15, -0.1) is 28.2 Å². The normalized spacial score (nSPS) is 18.3. The van der Waals surface area contributed by atoms with Gasteiger partial charge in [0.05, 0.1) is 0 Å². The standard InChI is InChI=1S/C26H25N9O8S3/c1-12(36)43-9-14-10-44-23-17(22(39)35(23)18(14)24(40)41)28-20(37)16(31-42-3)15-11-45-25(27-15)29-21(38)19(13-7-5-4-6-8-13)46-26-30-32-33-34(26)2/h4-8,11,17,19,23H,9-10H2,1-3H3,(H,28,37)(H,40,41)(H,27,29,38)/t17-,19?,23-/m1/s1. The number of carboxylic acid groups (broad SMARTS) is 1. The number of anilines is 1. The Morgan fingerprint density at radius 3 is 2.65 bits per heavy atom. The number of thiazole rings is 1. The molecule has 0 spiro atoms. The summed E-state index contributed by atoms with van der Waals surface area (Å²) in [6.07, 6.45) is 0. The third-order valence-electron chi connectivity index (χ3n) is 6.51. The second kappa shape index (κ2) is 14.1. The summed E-state index contributed by atoms with van der Waals surface area (Å²) < 4.78 is 6.38. The van der Waals surface area contributed by atoms with E-state index in [1.807, 2.05) is 6.07 Å². The maximum Gasteiger partial charge on any atom is 0.352 e. The Hall–Kier alpha value is -4.82. The van der Waals surface area contributed by atoms with Gasteiger partial charge in [-0.25, -0.2) is 14.5 Å². The lowest BCUT2D eigenvalue weighted by molar-refractivity contribution is -0.150. The number of aliphatic carboxylic acids is 1. The first-order valence-electron chi connectivity index (χ1n) is 13.2. The Balaban J connectivity index is 1.29. The second-order valence-corrected chi connectivity index (χ2v) is 12.6. The van der Waals surface area contributed by atoms with Crippen LogP contribution in [-0.4, -0.2) is 101 Å². The Bertz CT molecular complexity index is 1740. The fourth-order valence-corrected chi connectivity index (χ4v) is 7.39. The number of nitrogens with one attached hydrogen (secondary N) is 2. The number of carbonyl (C=O) groups excluding carboxylic acids is 4. The van der Waals surface area contributed by atoms with Crippen molar-refractivity contribution in [3.05, 3.63) is 58.2 Å². The Kier molecular flexibility index (Phi) is 9.97. The number of fused-ring (bicyclic) bond motifs is 1. The van der Waals surface area contributed by atoms with Crippen LogP contribution in [0, 0.1) is 0 Å². The second-order valence-electron chi connectivity index (χ2n) is 9.54. The molecule has 0 aliphatic carbocycles. The minimum atomic E-state index is -1.36. The maximum atomic E-state index is 13.4. The summed E-state index contributed by atoms with van der Waals surface area (Å²) >= 11 is 3.40. The number of hydrogen-bond acceptors (Lipinski definition) is 15. The van der Waals surface area contributed by atoms with Crippen molar-refractivity contribution in [3.8, 4) is 0 Å². The first-order chi connectivity index (χ1) is 22.1. The zero-order chi connectivity index (χ0) is 33.0. The van der Waals surface area contributed by atoms with Gasteiger partial charge in [-0.3, -0.25) is 24.1 Å². The van der Waals surface area contributed by atoms with Crippen molar-refractivity contribution in [2.45, 2.75) is 28.7 Å². The van der Waals surface area contributed by atoms with Gasteiger partial charge in [-0.2, -0.15) is 0 Å². The van der Waals surface area contributed by atoms with Crippen LogP contribution in [0.1, 0.15) is 23.4 Å². The number of oxime groups is 1. The molecular weight excluding hydrogens is 663 g/mol. The lowest BCUT2D eigenvalue weighted by Crippen LogP contribution is -2.71. The van der Waals surface area contributed by atoms with E-state index in [-0.39, 0.29) is 40.2 Å². The van der Waals surface area contributed by atoms with Gasteiger partial charge in [0.15, 0.2) is 10.8 Å². The zero-order valence-corrected chi connectivity index (χ0v) is 26.7. The van der Waals surface area contributed by atoms with Crippen molar-refractivity contribution in [2.24, 2.45) is 12.2 Å². The number of benzene rings is 1. The first-order valence-corrected chi connectivity index (χ1v) is 16.1. The van der Waals surface area contributed by atoms with Gasteiger partial charge in [0.25, 0.3) is 11.8 Å². The van der Waals surface area contributed by atoms with E-state index in [1.54, 1.807) is 31.3 Å². The summed E-state index contributed by atoms with van der Waals surface area (Å²) in [6, 6.07) is 7.96. The molecule has 0 bridgehead atoms. The molecule has 2 aliphatic heterocycles. The highest BCUT2D eigenvalue weighted by atomic mass is 32.2. The fraction of sp³-hybridized carbons (Fsp3) is 0.308. The highest BCUT2D eigenvalue weighted by molar-refractivity contribution is 8.00. The molecule has 20 heteroatoms. The largest absolute Gasteiger partial charge is 0.477 e. The number of aryl methyl sites for hydroxylation is 1. The number of aromatic nitrogens is 5. The summed E-state index contributed by atoms with van der Waals surface area (Å²) in [5.41, 5.74) is 0.478. The number of nitrogens with zero attached hydrogens (tertiary/aromatic N) is 7. The minimum absolute atomic E-state index is 0.0655. The number of rotatable bonds is 12. The van der Waals surface area contributed by atoms with Crippen LogP contribution < -0.4 is 10.6 Å². The van der Waals surface area contributed by atoms with Crippen LogP contribution in [0.15, 0.2) is 57.3 Å². The number of carbonyl (C=O) groups is 5. The predicted octanol–water partition coefficient (Wildman–Crippen LogP) is 0.791. The van der Waals surface area contributed by atoms with Crippen LogP contribution >= 0.6 is 34.9 Å². The number of hydrogen-bond donors (Lipinski definition) is 3. The Morgan fingerprint density at radius 1 is 1.24 bits per heavy atom. The summed E-state index contributed by atoms with van der Waals surface area (Å²) in [4.78, 5) is 73.2. The van der Waals surface area contributed by atoms with Crippen LogP contribution in [0.25, 0.3) is 0 Å². The van der Waals surface area contributed by atoms with Crippen molar-refractivity contribution in [2.75, 3.05) is 24.8 Å². The third kappa shape index (κ3) is 6.87. The summed E-state index contributed by atoms with van der Waals surface area (Å²) in [6.45, 7) is 0.922. The smallest absolute Gasteiger partial charge is 0.352 e. The molecule has 17 nitrogen and oxygen atoms in total. The molecular formula is C26H25N9O8S3. The molecule has 2 aromatic heterocycles. The highest BCUT2D eigenvalue weighted by Crippen LogP contribution is 2.40. The lowest BCUT2D eigenvalue weighted by atomic mass is 10.0. The van der Waals surface area contributed by atoms with Gasteiger partial charge in [0, 0.05) is 30.7 Å². The number of esters is 1. The lowest BCUT2D eigenvalue weighted by Gasteiger charge is -2.49. The quantitative estimate of drug-likeness (QED) is 0.0788. The van der Waals surface area contributed by atoms with Gasteiger partial charge in [0.1, 0.15) is 41.8 Å². The Morgan fingerprint density at radius 2 is 2.00 bits per heavy atom. The molecule has 4 heterocycles.